The molecule has 1 saturated carbocycles. The molecule has 0 atom stereocenters. The average Bonchev–Trinajstić information content (AvgIpc) is 2.94. The molecular weight excluding hydrogens is 200 g/mol. The van der Waals surface area contributed by atoms with Crippen molar-refractivity contribution in [2.45, 2.75) is 64.4 Å². The third kappa shape index (κ3) is 6.29. The third-order valence-corrected chi connectivity index (χ3v) is 3.42. The van der Waals surface area contributed by atoms with Crippen molar-refractivity contribution in [3.63, 3.8) is 0 Å². The molecule has 2 aliphatic carbocycles. The molecule has 0 spiro atoms. The molecule has 2 aliphatic rings. The molecule has 0 amide bonds. The van der Waals surface area contributed by atoms with Crippen molar-refractivity contribution in [3.8, 4) is 0 Å². The van der Waals surface area contributed by atoms with Gasteiger partial charge in [0.25, 0.3) is 0 Å². The van der Waals surface area contributed by atoms with Gasteiger partial charge in [0.1, 0.15) is 0 Å². The standard InChI is InChI=1S/C7H14O.C6H10.CH4O/c1-7(8-2)5-3-4-6-7;1-6-4-2-3-5-6;1-2/h3-6H2,1-2H3;4H,2-3,5H2,1H3;2H,1H3. The Balaban J connectivity index is 0.000000251. The van der Waals surface area contributed by atoms with Crippen LogP contribution in [0, 0.1) is 0 Å². The summed E-state index contributed by atoms with van der Waals surface area (Å²) in [6.07, 6.45) is 11.6. The number of hydrogen-bond donors (Lipinski definition) is 1. The average molecular weight is 228 g/mol. The van der Waals surface area contributed by atoms with Crippen LogP contribution in [-0.2, 0) is 4.74 Å². The van der Waals surface area contributed by atoms with Gasteiger partial charge in [-0.25, -0.2) is 0 Å². The van der Waals surface area contributed by atoms with E-state index >= 15 is 0 Å². The van der Waals surface area contributed by atoms with Crippen LogP contribution in [0.5, 0.6) is 0 Å². The maximum atomic E-state index is 7.00. The Labute approximate surface area is 101 Å². The van der Waals surface area contributed by atoms with E-state index in [1.54, 1.807) is 5.57 Å². The fraction of sp³-hybridized carbons (Fsp3) is 0.857. The highest BCUT2D eigenvalue weighted by atomic mass is 16.5. The number of aliphatic hydroxyl groups excluding tert-OH is 1. The minimum atomic E-state index is 0.236. The Hall–Kier alpha value is -0.340. The molecule has 2 nitrogen and oxygen atoms in total. The van der Waals surface area contributed by atoms with Gasteiger partial charge >= 0.3 is 0 Å². The van der Waals surface area contributed by atoms with E-state index in [1.807, 2.05) is 7.11 Å². The Morgan fingerprint density at radius 3 is 1.94 bits per heavy atom. The van der Waals surface area contributed by atoms with Gasteiger partial charge in [0, 0.05) is 14.2 Å². The van der Waals surface area contributed by atoms with Crippen LogP contribution in [0.1, 0.15) is 58.8 Å². The van der Waals surface area contributed by atoms with Crippen LogP contribution in [0.25, 0.3) is 0 Å². The maximum Gasteiger partial charge on any atom is 0.0650 e. The molecule has 96 valence electrons. The second-order valence-corrected chi connectivity index (χ2v) is 4.80. The number of allylic oxidation sites excluding steroid dienone is 2. The van der Waals surface area contributed by atoms with Gasteiger partial charge in [0.05, 0.1) is 5.60 Å². The Morgan fingerprint density at radius 1 is 1.19 bits per heavy atom. The third-order valence-electron chi connectivity index (χ3n) is 3.42. The molecule has 16 heavy (non-hydrogen) atoms. The maximum absolute atomic E-state index is 7.00. The van der Waals surface area contributed by atoms with Gasteiger partial charge in [-0.3, -0.25) is 0 Å². The van der Waals surface area contributed by atoms with Crippen molar-refractivity contribution in [3.05, 3.63) is 11.6 Å². The van der Waals surface area contributed by atoms with Crippen LogP contribution in [-0.4, -0.2) is 24.9 Å². The fourth-order valence-corrected chi connectivity index (χ4v) is 2.16. The van der Waals surface area contributed by atoms with E-state index in [1.165, 1.54) is 44.9 Å². The number of ether oxygens (including phenoxy) is 1. The van der Waals surface area contributed by atoms with Crippen LogP contribution in [0.15, 0.2) is 11.6 Å². The zero-order chi connectivity index (χ0) is 12.4. The number of rotatable bonds is 1. The molecule has 0 unspecified atom stereocenters. The molecular formula is C14H28O2. The summed E-state index contributed by atoms with van der Waals surface area (Å²) in [5.74, 6) is 0. The van der Waals surface area contributed by atoms with Crippen molar-refractivity contribution in [1.29, 1.82) is 0 Å². The van der Waals surface area contributed by atoms with Crippen LogP contribution < -0.4 is 0 Å². The summed E-state index contributed by atoms with van der Waals surface area (Å²) in [5.41, 5.74) is 1.81. The van der Waals surface area contributed by atoms with E-state index in [9.17, 15) is 0 Å². The quantitative estimate of drug-likeness (QED) is 0.694. The van der Waals surface area contributed by atoms with Crippen molar-refractivity contribution < 1.29 is 9.84 Å². The molecule has 1 fully saturated rings. The fourth-order valence-electron chi connectivity index (χ4n) is 2.16. The molecule has 0 aromatic carbocycles. The van der Waals surface area contributed by atoms with Crippen LogP contribution in [0.2, 0.25) is 0 Å². The second-order valence-electron chi connectivity index (χ2n) is 4.80. The van der Waals surface area contributed by atoms with E-state index in [4.69, 9.17) is 9.84 Å². The monoisotopic (exact) mass is 228 g/mol. The Bertz CT molecular complexity index is 191. The first kappa shape index (κ1) is 15.7. The molecule has 0 bridgehead atoms. The zero-order valence-electron chi connectivity index (χ0n) is 11.4. The summed E-state index contributed by atoms with van der Waals surface area (Å²) in [4.78, 5) is 0. The lowest BCUT2D eigenvalue weighted by molar-refractivity contribution is 0.0126. The van der Waals surface area contributed by atoms with Gasteiger partial charge in [0.2, 0.25) is 0 Å². The Morgan fingerprint density at radius 2 is 1.75 bits per heavy atom. The van der Waals surface area contributed by atoms with Gasteiger partial charge < -0.3 is 9.84 Å². The number of aliphatic hydroxyl groups is 1. The van der Waals surface area contributed by atoms with E-state index in [0.29, 0.717) is 0 Å². The highest BCUT2D eigenvalue weighted by Gasteiger charge is 2.27. The van der Waals surface area contributed by atoms with Gasteiger partial charge in [-0.2, -0.15) is 0 Å². The van der Waals surface area contributed by atoms with Gasteiger partial charge in [-0.05, 0) is 46.0 Å². The molecule has 1 N–H and O–H groups in total. The zero-order valence-corrected chi connectivity index (χ0v) is 11.4. The number of methoxy groups -OCH3 is 1. The molecule has 0 aromatic heterocycles. The normalized spacial score (nSPS) is 21.4. The summed E-state index contributed by atoms with van der Waals surface area (Å²) in [7, 11) is 2.81. The van der Waals surface area contributed by atoms with Crippen LogP contribution in [0.4, 0.5) is 0 Å². The first-order valence-electron chi connectivity index (χ1n) is 6.32. The van der Waals surface area contributed by atoms with E-state index < -0.39 is 0 Å². The van der Waals surface area contributed by atoms with E-state index in [-0.39, 0.29) is 5.60 Å². The summed E-state index contributed by atoms with van der Waals surface area (Å²) in [5, 5.41) is 7.00. The first-order chi connectivity index (χ1) is 7.66. The molecule has 0 heterocycles. The summed E-state index contributed by atoms with van der Waals surface area (Å²) < 4.78 is 5.30. The van der Waals surface area contributed by atoms with Crippen LogP contribution >= 0.6 is 0 Å². The molecule has 2 heteroatoms. The van der Waals surface area contributed by atoms with Crippen molar-refractivity contribution in [2.75, 3.05) is 14.2 Å². The SMILES string of the molecule is CC1=CCCC1.CO.COC1(C)CCCC1. The highest BCUT2D eigenvalue weighted by molar-refractivity contribution is 5.02. The minimum absolute atomic E-state index is 0.236. The predicted molar refractivity (Wildman–Crippen MR) is 69.6 cm³/mol. The second kappa shape index (κ2) is 8.77. The molecule has 2 rings (SSSR count). The van der Waals surface area contributed by atoms with E-state index in [2.05, 4.69) is 19.9 Å². The van der Waals surface area contributed by atoms with E-state index in [0.717, 1.165) is 7.11 Å². The lowest BCUT2D eigenvalue weighted by Crippen LogP contribution is -2.21. The van der Waals surface area contributed by atoms with Gasteiger partial charge in [-0.1, -0.05) is 24.5 Å². The van der Waals surface area contributed by atoms with Gasteiger partial charge in [-0.15, -0.1) is 0 Å². The van der Waals surface area contributed by atoms with Crippen molar-refractivity contribution >= 4 is 0 Å². The summed E-state index contributed by atoms with van der Waals surface area (Å²) >= 11 is 0. The lowest BCUT2D eigenvalue weighted by atomic mass is 10.1. The topological polar surface area (TPSA) is 29.5 Å². The number of hydrogen-bond acceptors (Lipinski definition) is 2. The molecule has 0 aromatic rings. The first-order valence-corrected chi connectivity index (χ1v) is 6.32. The largest absolute Gasteiger partial charge is 0.400 e. The van der Waals surface area contributed by atoms with Gasteiger partial charge in [0.15, 0.2) is 0 Å². The highest BCUT2D eigenvalue weighted by Crippen LogP contribution is 2.31. The molecule has 0 aliphatic heterocycles. The predicted octanol–water partition coefficient (Wildman–Crippen LogP) is 3.69. The lowest BCUT2D eigenvalue weighted by Gasteiger charge is -2.20. The Kier molecular flexibility index (Phi) is 8.58. The van der Waals surface area contributed by atoms with Crippen molar-refractivity contribution in [1.82, 2.24) is 0 Å². The summed E-state index contributed by atoms with van der Waals surface area (Å²) in [6, 6.07) is 0. The minimum Gasteiger partial charge on any atom is -0.400 e. The summed E-state index contributed by atoms with van der Waals surface area (Å²) in [6.45, 7) is 4.40. The smallest absolute Gasteiger partial charge is 0.0650 e. The molecule has 0 saturated heterocycles. The molecule has 0 radical (unpaired) electrons. The van der Waals surface area contributed by atoms with Crippen molar-refractivity contribution in [2.24, 2.45) is 0 Å². The van der Waals surface area contributed by atoms with Crippen LogP contribution in [0.3, 0.4) is 0 Å².